The van der Waals surface area contributed by atoms with E-state index < -0.39 is 0 Å². The molecule has 0 N–H and O–H groups in total. The quantitative estimate of drug-likeness (QED) is 0.245. The van der Waals surface area contributed by atoms with Crippen molar-refractivity contribution in [1.29, 1.82) is 0 Å². The maximum absolute atomic E-state index is 5.95. The molecule has 4 nitrogen and oxygen atoms in total. The van der Waals surface area contributed by atoms with Crippen molar-refractivity contribution in [3.63, 3.8) is 0 Å². The van der Waals surface area contributed by atoms with Gasteiger partial charge in [0.25, 0.3) is 0 Å². The summed E-state index contributed by atoms with van der Waals surface area (Å²) in [6.07, 6.45) is 0. The predicted octanol–water partition coefficient (Wildman–Crippen LogP) is 6.45. The molecule has 0 aliphatic carbocycles. The molecule has 1 heterocycles. The second kappa shape index (κ2) is 9.94. The SMILES string of the molecule is Cc1cc(OCc2cccc(Oc3ccccc3)c2)nc(SCc2ccccc2)n1. The second-order valence-electron chi connectivity index (χ2n) is 6.76. The van der Waals surface area contributed by atoms with Crippen molar-refractivity contribution in [3.05, 3.63) is 108 Å². The van der Waals surface area contributed by atoms with E-state index in [9.17, 15) is 0 Å². The van der Waals surface area contributed by atoms with Gasteiger partial charge in [0, 0.05) is 17.5 Å². The van der Waals surface area contributed by atoms with Crippen molar-refractivity contribution < 1.29 is 9.47 Å². The average Bonchev–Trinajstić information content (AvgIpc) is 2.78. The van der Waals surface area contributed by atoms with Gasteiger partial charge in [-0.2, -0.15) is 4.98 Å². The Kier molecular flexibility index (Phi) is 6.62. The molecule has 0 aliphatic rings. The zero-order valence-electron chi connectivity index (χ0n) is 16.7. The molecule has 4 rings (SSSR count). The molecule has 0 saturated carbocycles. The molecule has 5 heteroatoms. The Labute approximate surface area is 180 Å². The zero-order chi connectivity index (χ0) is 20.6. The third-order valence-corrected chi connectivity index (χ3v) is 5.20. The summed E-state index contributed by atoms with van der Waals surface area (Å²) in [6, 6.07) is 29.8. The van der Waals surface area contributed by atoms with Crippen molar-refractivity contribution in [3.8, 4) is 17.4 Å². The molecule has 150 valence electrons. The van der Waals surface area contributed by atoms with Gasteiger partial charge in [-0.05, 0) is 42.3 Å². The maximum Gasteiger partial charge on any atom is 0.217 e. The fraction of sp³-hybridized carbons (Fsp3) is 0.120. The third-order valence-electron chi connectivity index (χ3n) is 4.29. The van der Waals surface area contributed by atoms with Gasteiger partial charge in [-0.25, -0.2) is 4.98 Å². The summed E-state index contributed by atoms with van der Waals surface area (Å²) >= 11 is 1.60. The van der Waals surface area contributed by atoms with Crippen molar-refractivity contribution >= 4 is 11.8 Å². The third kappa shape index (κ3) is 5.84. The van der Waals surface area contributed by atoms with Gasteiger partial charge in [0.05, 0.1) is 0 Å². The lowest BCUT2D eigenvalue weighted by molar-refractivity contribution is 0.289. The van der Waals surface area contributed by atoms with Crippen LogP contribution in [0.1, 0.15) is 16.8 Å². The number of nitrogens with zero attached hydrogens (tertiary/aromatic N) is 2. The Bertz CT molecular complexity index is 1090. The molecule has 0 atom stereocenters. The monoisotopic (exact) mass is 414 g/mol. The Hall–Kier alpha value is -3.31. The van der Waals surface area contributed by atoms with Gasteiger partial charge < -0.3 is 9.47 Å². The number of aryl methyl sites for hydroxylation is 1. The lowest BCUT2D eigenvalue weighted by Gasteiger charge is -2.10. The average molecular weight is 415 g/mol. The highest BCUT2D eigenvalue weighted by molar-refractivity contribution is 7.98. The van der Waals surface area contributed by atoms with Crippen LogP contribution < -0.4 is 9.47 Å². The number of thioether (sulfide) groups is 1. The van der Waals surface area contributed by atoms with E-state index in [1.165, 1.54) is 5.56 Å². The van der Waals surface area contributed by atoms with Gasteiger partial charge in [0.2, 0.25) is 5.88 Å². The minimum Gasteiger partial charge on any atom is -0.473 e. The van der Waals surface area contributed by atoms with Gasteiger partial charge in [-0.3, -0.25) is 0 Å². The Morgan fingerprint density at radius 2 is 1.43 bits per heavy atom. The van der Waals surface area contributed by atoms with Crippen LogP contribution in [-0.2, 0) is 12.4 Å². The van der Waals surface area contributed by atoms with Crippen molar-refractivity contribution in [2.24, 2.45) is 0 Å². The topological polar surface area (TPSA) is 44.2 Å². The molecule has 4 aromatic rings. The van der Waals surface area contributed by atoms with Crippen LogP contribution in [0.4, 0.5) is 0 Å². The maximum atomic E-state index is 5.95. The number of para-hydroxylation sites is 1. The Morgan fingerprint density at radius 3 is 2.23 bits per heavy atom. The van der Waals surface area contributed by atoms with Crippen LogP contribution in [0.5, 0.6) is 17.4 Å². The van der Waals surface area contributed by atoms with Crippen LogP contribution in [0.25, 0.3) is 0 Å². The number of aromatic nitrogens is 2. The lowest BCUT2D eigenvalue weighted by atomic mass is 10.2. The standard InChI is InChI=1S/C25H22N2O2S/c1-19-15-24(27-25(26-19)30-18-20-9-4-2-5-10-20)28-17-21-11-8-14-23(16-21)29-22-12-6-3-7-13-22/h2-16H,17-18H2,1H3. The van der Waals surface area contributed by atoms with Gasteiger partial charge in [0.1, 0.15) is 18.1 Å². The summed E-state index contributed by atoms with van der Waals surface area (Å²) in [5, 5.41) is 0.718. The highest BCUT2D eigenvalue weighted by atomic mass is 32.2. The second-order valence-corrected chi connectivity index (χ2v) is 7.70. The highest BCUT2D eigenvalue weighted by Crippen LogP contribution is 2.24. The van der Waals surface area contributed by atoms with Gasteiger partial charge in [-0.1, -0.05) is 72.4 Å². The highest BCUT2D eigenvalue weighted by Gasteiger charge is 2.06. The first-order chi connectivity index (χ1) is 14.7. The van der Waals surface area contributed by atoms with Crippen LogP contribution in [0.2, 0.25) is 0 Å². The molecule has 0 spiro atoms. The summed E-state index contributed by atoms with van der Waals surface area (Å²) < 4.78 is 11.8. The Morgan fingerprint density at radius 1 is 0.733 bits per heavy atom. The van der Waals surface area contributed by atoms with E-state index in [1.54, 1.807) is 11.8 Å². The number of hydrogen-bond donors (Lipinski definition) is 0. The zero-order valence-corrected chi connectivity index (χ0v) is 17.5. The van der Waals surface area contributed by atoms with Crippen LogP contribution in [0.15, 0.2) is 96.2 Å². The summed E-state index contributed by atoms with van der Waals surface area (Å²) in [7, 11) is 0. The molecule has 0 aliphatic heterocycles. The summed E-state index contributed by atoms with van der Waals surface area (Å²) in [5.74, 6) is 2.98. The molecule has 0 amide bonds. The molecular formula is C25H22N2O2S. The summed E-state index contributed by atoms with van der Waals surface area (Å²) in [4.78, 5) is 9.07. The van der Waals surface area contributed by atoms with Gasteiger partial charge >= 0.3 is 0 Å². The van der Waals surface area contributed by atoms with Crippen LogP contribution >= 0.6 is 11.8 Å². The van der Waals surface area contributed by atoms with E-state index in [2.05, 4.69) is 22.1 Å². The number of ether oxygens (including phenoxy) is 2. The van der Waals surface area contributed by atoms with Crippen molar-refractivity contribution in [2.75, 3.05) is 0 Å². The number of rotatable bonds is 8. The van der Waals surface area contributed by atoms with Crippen LogP contribution in [-0.4, -0.2) is 9.97 Å². The minimum absolute atomic E-state index is 0.408. The summed E-state index contributed by atoms with van der Waals surface area (Å²) in [6.45, 7) is 2.36. The van der Waals surface area contributed by atoms with E-state index in [0.717, 1.165) is 33.7 Å². The van der Waals surface area contributed by atoms with E-state index >= 15 is 0 Å². The number of hydrogen-bond acceptors (Lipinski definition) is 5. The molecule has 1 aromatic heterocycles. The van der Waals surface area contributed by atoms with Crippen LogP contribution in [0, 0.1) is 6.92 Å². The largest absolute Gasteiger partial charge is 0.473 e. The molecule has 0 fully saturated rings. The fourth-order valence-corrected chi connectivity index (χ4v) is 3.71. The van der Waals surface area contributed by atoms with E-state index in [0.29, 0.717) is 12.5 Å². The Balaban J connectivity index is 1.38. The van der Waals surface area contributed by atoms with Crippen molar-refractivity contribution in [1.82, 2.24) is 9.97 Å². The van der Waals surface area contributed by atoms with E-state index in [4.69, 9.17) is 9.47 Å². The molecular weight excluding hydrogens is 392 g/mol. The molecule has 3 aromatic carbocycles. The normalized spacial score (nSPS) is 10.6. The molecule has 0 saturated heterocycles. The first-order valence-corrected chi connectivity index (χ1v) is 10.7. The van der Waals surface area contributed by atoms with E-state index in [1.807, 2.05) is 85.8 Å². The van der Waals surface area contributed by atoms with Crippen LogP contribution in [0.3, 0.4) is 0 Å². The number of benzene rings is 3. The minimum atomic E-state index is 0.408. The lowest BCUT2D eigenvalue weighted by Crippen LogP contribution is -2.00. The smallest absolute Gasteiger partial charge is 0.217 e. The molecule has 0 radical (unpaired) electrons. The first kappa shape index (κ1) is 20.0. The van der Waals surface area contributed by atoms with Crippen molar-refractivity contribution in [2.45, 2.75) is 24.4 Å². The summed E-state index contributed by atoms with van der Waals surface area (Å²) in [5.41, 5.74) is 3.14. The van der Waals surface area contributed by atoms with E-state index in [-0.39, 0.29) is 0 Å². The fourth-order valence-electron chi connectivity index (χ4n) is 2.85. The molecule has 0 unspecified atom stereocenters. The first-order valence-electron chi connectivity index (χ1n) is 9.72. The van der Waals surface area contributed by atoms with Gasteiger partial charge in [-0.15, -0.1) is 0 Å². The molecule has 0 bridgehead atoms. The van der Waals surface area contributed by atoms with Gasteiger partial charge in [0.15, 0.2) is 5.16 Å². The predicted molar refractivity (Wildman–Crippen MR) is 120 cm³/mol. The molecule has 30 heavy (non-hydrogen) atoms.